The van der Waals surface area contributed by atoms with Gasteiger partial charge < -0.3 is 14.8 Å². The summed E-state index contributed by atoms with van der Waals surface area (Å²) in [5.41, 5.74) is 0.0903. The Morgan fingerprint density at radius 1 is 1.50 bits per heavy atom. The molecule has 2 rings (SSSR count). The van der Waals surface area contributed by atoms with Crippen molar-refractivity contribution < 1.29 is 0 Å². The van der Waals surface area contributed by atoms with Crippen LogP contribution in [-0.4, -0.2) is 41.7 Å². The van der Waals surface area contributed by atoms with Gasteiger partial charge in [0.05, 0.1) is 0 Å². The molecule has 0 bridgehead atoms. The van der Waals surface area contributed by atoms with Crippen molar-refractivity contribution in [2.24, 2.45) is 0 Å². The summed E-state index contributed by atoms with van der Waals surface area (Å²) >= 11 is 0. The predicted molar refractivity (Wildman–Crippen MR) is 73.8 cm³/mol. The molecule has 1 aliphatic rings. The van der Waals surface area contributed by atoms with Crippen LogP contribution < -0.4 is 10.9 Å². The number of rotatable bonds is 6. The molecule has 18 heavy (non-hydrogen) atoms. The van der Waals surface area contributed by atoms with Crippen molar-refractivity contribution >= 4 is 0 Å². The molecule has 1 aromatic rings. The standard InChI is InChI=1S/C14H23N3O/c1-2-16(12-13-6-5-8-15-13)10-11-17-9-4-3-7-14(17)18/h3-4,7,9,13,15H,2,5-6,8,10-12H2,1H3. The normalized spacial score (nSPS) is 19.6. The first-order valence-electron chi connectivity index (χ1n) is 6.91. The van der Waals surface area contributed by atoms with E-state index >= 15 is 0 Å². The van der Waals surface area contributed by atoms with Crippen molar-refractivity contribution in [2.45, 2.75) is 32.4 Å². The lowest BCUT2D eigenvalue weighted by Gasteiger charge is -2.24. The highest BCUT2D eigenvalue weighted by Crippen LogP contribution is 2.06. The molecule has 1 unspecified atom stereocenters. The molecule has 1 saturated heterocycles. The maximum Gasteiger partial charge on any atom is 0.250 e. The molecular formula is C14H23N3O. The third-order valence-corrected chi connectivity index (χ3v) is 3.64. The molecule has 0 amide bonds. The van der Waals surface area contributed by atoms with Gasteiger partial charge in [0.15, 0.2) is 0 Å². The molecule has 0 aromatic carbocycles. The monoisotopic (exact) mass is 249 g/mol. The van der Waals surface area contributed by atoms with Crippen LogP contribution in [0.4, 0.5) is 0 Å². The highest BCUT2D eigenvalue weighted by molar-refractivity contribution is 4.93. The molecule has 1 N–H and O–H groups in total. The third-order valence-electron chi connectivity index (χ3n) is 3.64. The maximum atomic E-state index is 11.6. The summed E-state index contributed by atoms with van der Waals surface area (Å²) in [6, 6.07) is 5.96. The summed E-state index contributed by atoms with van der Waals surface area (Å²) in [4.78, 5) is 14.0. The van der Waals surface area contributed by atoms with E-state index < -0.39 is 0 Å². The molecule has 1 fully saturated rings. The lowest BCUT2D eigenvalue weighted by atomic mass is 10.2. The van der Waals surface area contributed by atoms with Crippen LogP contribution in [0.5, 0.6) is 0 Å². The Labute approximate surface area is 109 Å². The van der Waals surface area contributed by atoms with E-state index in [0.29, 0.717) is 6.04 Å². The van der Waals surface area contributed by atoms with Crippen molar-refractivity contribution in [1.29, 1.82) is 0 Å². The van der Waals surface area contributed by atoms with Gasteiger partial charge in [-0.05, 0) is 32.0 Å². The molecule has 1 aliphatic heterocycles. The number of pyridine rings is 1. The van der Waals surface area contributed by atoms with Crippen LogP contribution in [0.25, 0.3) is 0 Å². The molecule has 1 aromatic heterocycles. The number of hydrogen-bond acceptors (Lipinski definition) is 3. The van der Waals surface area contributed by atoms with Crippen molar-refractivity contribution in [1.82, 2.24) is 14.8 Å². The molecule has 1 atom stereocenters. The number of nitrogens with zero attached hydrogens (tertiary/aromatic N) is 2. The van der Waals surface area contributed by atoms with Gasteiger partial charge in [0.1, 0.15) is 0 Å². The zero-order chi connectivity index (χ0) is 12.8. The highest BCUT2D eigenvalue weighted by Gasteiger charge is 2.16. The molecule has 0 saturated carbocycles. The number of hydrogen-bond donors (Lipinski definition) is 1. The van der Waals surface area contributed by atoms with E-state index in [1.165, 1.54) is 12.8 Å². The zero-order valence-electron chi connectivity index (χ0n) is 11.1. The van der Waals surface area contributed by atoms with E-state index in [9.17, 15) is 4.79 Å². The van der Waals surface area contributed by atoms with Gasteiger partial charge in [-0.15, -0.1) is 0 Å². The topological polar surface area (TPSA) is 37.3 Å². The minimum Gasteiger partial charge on any atom is -0.314 e. The van der Waals surface area contributed by atoms with E-state index in [2.05, 4.69) is 17.1 Å². The predicted octanol–water partition coefficient (Wildman–Crippen LogP) is 0.922. The minimum atomic E-state index is 0.0903. The average molecular weight is 249 g/mol. The summed E-state index contributed by atoms with van der Waals surface area (Å²) in [6.07, 6.45) is 4.44. The average Bonchev–Trinajstić information content (AvgIpc) is 2.89. The van der Waals surface area contributed by atoms with Gasteiger partial charge in [-0.2, -0.15) is 0 Å². The third kappa shape index (κ3) is 3.68. The molecular weight excluding hydrogens is 226 g/mol. The molecule has 2 heterocycles. The van der Waals surface area contributed by atoms with Crippen LogP contribution >= 0.6 is 0 Å². The minimum absolute atomic E-state index is 0.0903. The van der Waals surface area contributed by atoms with Gasteiger partial charge in [-0.3, -0.25) is 4.79 Å². The second-order valence-corrected chi connectivity index (χ2v) is 4.92. The Balaban J connectivity index is 1.83. The van der Waals surface area contributed by atoms with Crippen LogP contribution in [0.3, 0.4) is 0 Å². The van der Waals surface area contributed by atoms with Crippen molar-refractivity contribution in [2.75, 3.05) is 26.2 Å². The summed E-state index contributed by atoms with van der Waals surface area (Å²) < 4.78 is 1.78. The van der Waals surface area contributed by atoms with E-state index in [1.54, 1.807) is 16.7 Å². The summed E-state index contributed by atoms with van der Waals surface area (Å²) in [7, 11) is 0. The Bertz CT molecular complexity index is 410. The van der Waals surface area contributed by atoms with Crippen molar-refractivity contribution in [3.63, 3.8) is 0 Å². The fourth-order valence-corrected chi connectivity index (χ4v) is 2.50. The Morgan fingerprint density at radius 3 is 3.06 bits per heavy atom. The maximum absolute atomic E-state index is 11.6. The summed E-state index contributed by atoms with van der Waals surface area (Å²) in [5, 5.41) is 3.52. The Morgan fingerprint density at radius 2 is 2.39 bits per heavy atom. The first-order valence-corrected chi connectivity index (χ1v) is 6.91. The molecule has 4 heteroatoms. The Hall–Kier alpha value is -1.13. The molecule has 0 radical (unpaired) electrons. The SMILES string of the molecule is CCN(CCn1ccccc1=O)CC1CCCN1. The van der Waals surface area contributed by atoms with E-state index in [1.807, 2.05) is 12.3 Å². The molecule has 0 aliphatic carbocycles. The van der Waals surface area contributed by atoms with Crippen LogP contribution in [0.2, 0.25) is 0 Å². The van der Waals surface area contributed by atoms with Crippen LogP contribution in [0.15, 0.2) is 29.2 Å². The molecule has 0 spiro atoms. The van der Waals surface area contributed by atoms with Gasteiger partial charge in [0, 0.05) is 37.9 Å². The fourth-order valence-electron chi connectivity index (χ4n) is 2.50. The number of likely N-dealkylation sites (N-methyl/N-ethyl adjacent to an activating group) is 1. The smallest absolute Gasteiger partial charge is 0.250 e. The van der Waals surface area contributed by atoms with Gasteiger partial charge in [0.25, 0.3) is 5.56 Å². The van der Waals surface area contributed by atoms with E-state index in [0.717, 1.165) is 32.7 Å². The van der Waals surface area contributed by atoms with Gasteiger partial charge in [-0.1, -0.05) is 13.0 Å². The van der Waals surface area contributed by atoms with Crippen LogP contribution in [0, 0.1) is 0 Å². The number of aromatic nitrogens is 1. The zero-order valence-corrected chi connectivity index (χ0v) is 11.1. The van der Waals surface area contributed by atoms with Crippen molar-refractivity contribution in [3.05, 3.63) is 34.7 Å². The van der Waals surface area contributed by atoms with Gasteiger partial charge >= 0.3 is 0 Å². The van der Waals surface area contributed by atoms with Crippen LogP contribution in [-0.2, 0) is 6.54 Å². The second-order valence-electron chi connectivity index (χ2n) is 4.92. The molecule has 100 valence electrons. The summed E-state index contributed by atoms with van der Waals surface area (Å²) in [5.74, 6) is 0. The van der Waals surface area contributed by atoms with Gasteiger partial charge in [-0.25, -0.2) is 0 Å². The van der Waals surface area contributed by atoms with Gasteiger partial charge in [0.2, 0.25) is 0 Å². The lowest BCUT2D eigenvalue weighted by Crippen LogP contribution is -2.39. The first kappa shape index (κ1) is 13.3. The largest absolute Gasteiger partial charge is 0.314 e. The first-order chi connectivity index (χ1) is 8.79. The van der Waals surface area contributed by atoms with Crippen LogP contribution in [0.1, 0.15) is 19.8 Å². The molecule has 4 nitrogen and oxygen atoms in total. The highest BCUT2D eigenvalue weighted by atomic mass is 16.1. The fraction of sp³-hybridized carbons (Fsp3) is 0.643. The Kier molecular flexibility index (Phi) is 4.96. The van der Waals surface area contributed by atoms with Crippen molar-refractivity contribution in [3.8, 4) is 0 Å². The quantitative estimate of drug-likeness (QED) is 0.814. The number of nitrogens with one attached hydrogen (secondary N) is 1. The van der Waals surface area contributed by atoms with E-state index in [-0.39, 0.29) is 5.56 Å². The summed E-state index contributed by atoms with van der Waals surface area (Å²) in [6.45, 7) is 7.19. The second kappa shape index (κ2) is 6.71. The van der Waals surface area contributed by atoms with E-state index in [4.69, 9.17) is 0 Å². The lowest BCUT2D eigenvalue weighted by molar-refractivity contribution is 0.250.